The fourth-order valence-electron chi connectivity index (χ4n) is 3.65. The van der Waals surface area contributed by atoms with E-state index in [1.54, 1.807) is 0 Å². The highest BCUT2D eigenvalue weighted by molar-refractivity contribution is 5.76. The zero-order valence-electron chi connectivity index (χ0n) is 22.3. The third-order valence-electron chi connectivity index (χ3n) is 5.72. The first-order valence-electron chi connectivity index (χ1n) is 13.5. The van der Waals surface area contributed by atoms with Crippen LogP contribution in [-0.2, 0) is 23.9 Å². The smallest absolute Gasteiger partial charge is 0.306 e. The molecular formula is C27H48N2O7. The molecule has 0 aromatic heterocycles. The van der Waals surface area contributed by atoms with Crippen LogP contribution in [0, 0.1) is 0 Å². The zero-order valence-corrected chi connectivity index (χ0v) is 22.3. The molecule has 0 rings (SSSR count). The van der Waals surface area contributed by atoms with Gasteiger partial charge in [0.25, 0.3) is 0 Å². The van der Waals surface area contributed by atoms with Crippen LogP contribution in [0.5, 0.6) is 0 Å². The normalized spacial score (nSPS) is 12.8. The molecule has 0 radical (unpaired) electrons. The maximum Gasteiger partial charge on any atom is 0.306 e. The van der Waals surface area contributed by atoms with Crippen molar-refractivity contribution < 1.29 is 34.1 Å². The molecule has 0 aromatic carbocycles. The predicted molar refractivity (Wildman–Crippen MR) is 139 cm³/mol. The molecule has 0 aliphatic carbocycles. The Bertz CT molecular complexity index is 652. The van der Waals surface area contributed by atoms with Crippen LogP contribution in [-0.4, -0.2) is 59.3 Å². The summed E-state index contributed by atoms with van der Waals surface area (Å²) in [5.41, 5.74) is 0. The molecule has 0 aromatic rings. The van der Waals surface area contributed by atoms with Gasteiger partial charge in [-0.1, -0.05) is 51.2 Å². The lowest BCUT2D eigenvalue weighted by Crippen LogP contribution is -2.33. The van der Waals surface area contributed by atoms with Crippen molar-refractivity contribution in [2.45, 2.75) is 122 Å². The molecule has 0 spiro atoms. The van der Waals surface area contributed by atoms with Gasteiger partial charge in [-0.2, -0.15) is 0 Å². The first kappa shape index (κ1) is 33.6. The van der Waals surface area contributed by atoms with E-state index in [9.17, 15) is 24.3 Å². The average molecular weight is 513 g/mol. The molecule has 4 N–H and O–H groups in total. The minimum Gasteiger partial charge on any atom is -0.481 e. The highest BCUT2D eigenvalue weighted by Crippen LogP contribution is 2.16. The quantitative estimate of drug-likeness (QED) is 0.0920. The monoisotopic (exact) mass is 512 g/mol. The van der Waals surface area contributed by atoms with Crippen molar-refractivity contribution in [3.8, 4) is 0 Å². The van der Waals surface area contributed by atoms with Gasteiger partial charge in [0, 0.05) is 39.3 Å². The third kappa shape index (κ3) is 22.1. The Labute approximate surface area is 216 Å². The molecule has 0 heterocycles. The molecule has 36 heavy (non-hydrogen) atoms. The molecule has 0 fully saturated rings. The van der Waals surface area contributed by atoms with Crippen LogP contribution in [0.1, 0.15) is 110 Å². The van der Waals surface area contributed by atoms with Gasteiger partial charge in [-0.3, -0.25) is 19.2 Å². The fraction of sp³-hybridized carbons (Fsp3) is 0.778. The number of aliphatic hydroxyl groups is 1. The Morgan fingerprint density at radius 2 is 1.53 bits per heavy atom. The molecule has 2 unspecified atom stereocenters. The van der Waals surface area contributed by atoms with Gasteiger partial charge in [0.15, 0.2) is 0 Å². The van der Waals surface area contributed by atoms with Crippen molar-refractivity contribution in [1.29, 1.82) is 0 Å². The molecular weight excluding hydrogens is 464 g/mol. The third-order valence-corrected chi connectivity index (χ3v) is 5.72. The Kier molecular flexibility index (Phi) is 21.5. The number of ether oxygens (including phenoxy) is 1. The van der Waals surface area contributed by atoms with Crippen LogP contribution in [0.2, 0.25) is 0 Å². The summed E-state index contributed by atoms with van der Waals surface area (Å²) in [5, 5.41) is 24.6. The molecule has 0 aliphatic rings. The topological polar surface area (TPSA) is 142 Å². The molecule has 208 valence electrons. The average Bonchev–Trinajstić information content (AvgIpc) is 2.82. The van der Waals surface area contributed by atoms with Crippen molar-refractivity contribution in [3.63, 3.8) is 0 Å². The first-order valence-corrected chi connectivity index (χ1v) is 13.5. The molecule has 2 amide bonds. The number of carboxylic acids is 1. The number of aliphatic hydroxyl groups excluding tert-OH is 1. The summed E-state index contributed by atoms with van der Waals surface area (Å²) < 4.78 is 5.47. The summed E-state index contributed by atoms with van der Waals surface area (Å²) in [5.74, 6) is -1.48. The highest BCUT2D eigenvalue weighted by Gasteiger charge is 2.22. The van der Waals surface area contributed by atoms with E-state index in [2.05, 4.69) is 17.6 Å². The SMILES string of the molecule is CCCCCC(OC(=O)CCCC(=O)O)C(O)C/C=C\CCCCCCCC(=O)NCCNC(C)=O. The van der Waals surface area contributed by atoms with Crippen molar-refractivity contribution >= 4 is 23.8 Å². The second-order valence-corrected chi connectivity index (χ2v) is 9.19. The molecule has 9 nitrogen and oxygen atoms in total. The largest absolute Gasteiger partial charge is 0.481 e. The second-order valence-electron chi connectivity index (χ2n) is 9.19. The maximum absolute atomic E-state index is 12.0. The van der Waals surface area contributed by atoms with Gasteiger partial charge in [0.2, 0.25) is 11.8 Å². The molecule has 2 atom stereocenters. The summed E-state index contributed by atoms with van der Waals surface area (Å²) >= 11 is 0. The van der Waals surface area contributed by atoms with Crippen LogP contribution in [0.4, 0.5) is 0 Å². The summed E-state index contributed by atoms with van der Waals surface area (Å²) in [7, 11) is 0. The van der Waals surface area contributed by atoms with E-state index in [-0.39, 0.29) is 31.1 Å². The maximum atomic E-state index is 12.0. The number of hydrogen-bond donors (Lipinski definition) is 4. The van der Waals surface area contributed by atoms with E-state index in [0.29, 0.717) is 32.4 Å². The van der Waals surface area contributed by atoms with Crippen LogP contribution < -0.4 is 10.6 Å². The van der Waals surface area contributed by atoms with Gasteiger partial charge in [0.05, 0.1) is 6.10 Å². The summed E-state index contributed by atoms with van der Waals surface area (Å²) in [6.45, 7) is 4.43. The molecule has 0 bridgehead atoms. The number of amides is 2. The van der Waals surface area contributed by atoms with E-state index in [4.69, 9.17) is 9.84 Å². The van der Waals surface area contributed by atoms with Crippen molar-refractivity contribution in [2.75, 3.05) is 13.1 Å². The van der Waals surface area contributed by atoms with Gasteiger partial charge in [-0.05, 0) is 44.9 Å². The van der Waals surface area contributed by atoms with E-state index in [1.165, 1.54) is 6.92 Å². The Balaban J connectivity index is 4.00. The van der Waals surface area contributed by atoms with Crippen molar-refractivity contribution in [3.05, 3.63) is 12.2 Å². The van der Waals surface area contributed by atoms with Gasteiger partial charge >= 0.3 is 11.9 Å². The number of aliphatic carboxylic acids is 1. The van der Waals surface area contributed by atoms with Crippen LogP contribution in [0.3, 0.4) is 0 Å². The highest BCUT2D eigenvalue weighted by atomic mass is 16.6. The van der Waals surface area contributed by atoms with Crippen molar-refractivity contribution in [2.24, 2.45) is 0 Å². The number of carbonyl (C=O) groups excluding carboxylic acids is 3. The van der Waals surface area contributed by atoms with Gasteiger partial charge in [0.1, 0.15) is 6.10 Å². The minimum atomic E-state index is -0.938. The van der Waals surface area contributed by atoms with Crippen molar-refractivity contribution in [1.82, 2.24) is 10.6 Å². The summed E-state index contributed by atoms with van der Waals surface area (Å²) in [6.07, 6.45) is 13.2. The van der Waals surface area contributed by atoms with Gasteiger partial charge in [-0.15, -0.1) is 0 Å². The molecule has 0 saturated heterocycles. The number of hydrogen-bond acceptors (Lipinski definition) is 6. The Morgan fingerprint density at radius 3 is 2.22 bits per heavy atom. The molecule has 9 heteroatoms. The number of unbranched alkanes of at least 4 members (excludes halogenated alkanes) is 7. The number of nitrogens with one attached hydrogen (secondary N) is 2. The molecule has 0 aliphatic heterocycles. The second kappa shape index (κ2) is 23.0. The standard InChI is InChI=1S/C27H48N2O7/c1-3-4-11-16-24(36-27(35)19-14-18-26(33)34)23(31)15-12-9-7-5-6-8-10-13-17-25(32)29-21-20-28-22(2)30/h9,12,23-24,31H,3-8,10-11,13-21H2,1-2H3,(H,28,30)(H,29,32)(H,33,34)/b12-9-. The van der Waals surface area contributed by atoms with Crippen LogP contribution >= 0.6 is 0 Å². The minimum absolute atomic E-state index is 0.0146. The Hall–Kier alpha value is -2.42. The Morgan fingerprint density at radius 1 is 0.833 bits per heavy atom. The van der Waals surface area contributed by atoms with E-state index < -0.39 is 24.1 Å². The first-order chi connectivity index (χ1) is 17.3. The van der Waals surface area contributed by atoms with E-state index in [1.807, 2.05) is 12.2 Å². The number of allylic oxidation sites excluding steroid dienone is 1. The lowest BCUT2D eigenvalue weighted by molar-refractivity contribution is -0.155. The summed E-state index contributed by atoms with van der Waals surface area (Å²) in [4.78, 5) is 45.1. The lowest BCUT2D eigenvalue weighted by atomic mass is 10.0. The van der Waals surface area contributed by atoms with Gasteiger partial charge in [-0.25, -0.2) is 0 Å². The predicted octanol–water partition coefficient (Wildman–Crippen LogP) is 4.02. The number of carboxylic acid groups (broad SMARTS) is 1. The summed E-state index contributed by atoms with van der Waals surface area (Å²) in [6, 6.07) is 0. The number of esters is 1. The van der Waals surface area contributed by atoms with Crippen LogP contribution in [0.25, 0.3) is 0 Å². The van der Waals surface area contributed by atoms with Crippen LogP contribution in [0.15, 0.2) is 12.2 Å². The molecule has 0 saturated carbocycles. The lowest BCUT2D eigenvalue weighted by Gasteiger charge is -2.22. The van der Waals surface area contributed by atoms with Gasteiger partial charge < -0.3 is 25.6 Å². The fourth-order valence-corrected chi connectivity index (χ4v) is 3.65. The number of carbonyl (C=O) groups is 4. The number of rotatable bonds is 23. The van der Waals surface area contributed by atoms with E-state index in [0.717, 1.165) is 57.8 Å². The zero-order chi connectivity index (χ0) is 27.0. The van der Waals surface area contributed by atoms with E-state index >= 15 is 0 Å².